The highest BCUT2D eigenvalue weighted by Crippen LogP contribution is 2.15. The quantitative estimate of drug-likeness (QED) is 0.681. The third-order valence-corrected chi connectivity index (χ3v) is 1.81. The first kappa shape index (κ1) is 9.45. The van der Waals surface area contributed by atoms with Gasteiger partial charge >= 0.3 is 0 Å². The number of hydrogen-bond donors (Lipinski definition) is 2. The monoisotopic (exact) mass is 186 g/mol. The van der Waals surface area contributed by atoms with Crippen LogP contribution in [-0.4, -0.2) is 16.1 Å². The Labute approximate surface area is 76.2 Å². The number of aliphatic hydroxyl groups is 1. The second-order valence-electron chi connectivity index (χ2n) is 2.72. The Kier molecular flexibility index (Phi) is 3.03. The minimum atomic E-state index is -0.672. The van der Waals surface area contributed by atoms with Crippen molar-refractivity contribution < 1.29 is 5.11 Å². The van der Waals surface area contributed by atoms with Gasteiger partial charge in [-0.15, -0.1) is 0 Å². The van der Waals surface area contributed by atoms with E-state index in [1.165, 1.54) is 6.20 Å². The fourth-order valence-electron chi connectivity index (χ4n) is 0.866. The lowest BCUT2D eigenvalue weighted by atomic mass is 10.1. The van der Waals surface area contributed by atoms with Crippen LogP contribution in [0.4, 0.5) is 0 Å². The fraction of sp³-hybridized carbons (Fsp3) is 0.375. The number of aliphatic hydroxyl groups excluding tert-OH is 1. The van der Waals surface area contributed by atoms with E-state index in [0.717, 1.165) is 0 Å². The lowest BCUT2D eigenvalue weighted by molar-refractivity contribution is 0.153. The molecule has 1 rings (SSSR count). The standard InChI is InChI=1S/C8H11ClN2O/c1-5(10)8(12)6-2-3-7(9)11-4-6/h2-5,8,12H,10H2,1H3. The molecule has 0 bridgehead atoms. The van der Waals surface area contributed by atoms with Crippen molar-refractivity contribution in [1.82, 2.24) is 4.98 Å². The molecule has 3 N–H and O–H groups in total. The van der Waals surface area contributed by atoms with Gasteiger partial charge in [0.1, 0.15) is 5.15 Å². The van der Waals surface area contributed by atoms with E-state index in [1.54, 1.807) is 19.1 Å². The van der Waals surface area contributed by atoms with Crippen LogP contribution in [0.15, 0.2) is 18.3 Å². The zero-order valence-corrected chi connectivity index (χ0v) is 7.49. The van der Waals surface area contributed by atoms with Crippen molar-refractivity contribution in [3.8, 4) is 0 Å². The summed E-state index contributed by atoms with van der Waals surface area (Å²) >= 11 is 5.57. The molecule has 2 atom stereocenters. The Morgan fingerprint density at radius 2 is 2.25 bits per heavy atom. The number of hydrogen-bond acceptors (Lipinski definition) is 3. The second-order valence-corrected chi connectivity index (χ2v) is 3.11. The molecule has 3 nitrogen and oxygen atoms in total. The topological polar surface area (TPSA) is 59.1 Å². The van der Waals surface area contributed by atoms with Gasteiger partial charge in [-0.1, -0.05) is 17.7 Å². The molecule has 2 unspecified atom stereocenters. The summed E-state index contributed by atoms with van der Waals surface area (Å²) in [5.74, 6) is 0. The van der Waals surface area contributed by atoms with Gasteiger partial charge in [0, 0.05) is 17.8 Å². The average Bonchev–Trinajstić information content (AvgIpc) is 2.04. The molecule has 4 heteroatoms. The third-order valence-electron chi connectivity index (χ3n) is 1.59. The summed E-state index contributed by atoms with van der Waals surface area (Å²) in [6.07, 6.45) is 0.853. The van der Waals surface area contributed by atoms with E-state index < -0.39 is 6.10 Å². The highest BCUT2D eigenvalue weighted by Gasteiger charge is 2.11. The van der Waals surface area contributed by atoms with Gasteiger partial charge < -0.3 is 10.8 Å². The highest BCUT2D eigenvalue weighted by atomic mass is 35.5. The molecule has 0 saturated heterocycles. The van der Waals surface area contributed by atoms with Crippen LogP contribution in [0.2, 0.25) is 5.15 Å². The molecule has 1 aromatic rings. The molecule has 0 amide bonds. The summed E-state index contributed by atoms with van der Waals surface area (Å²) in [6, 6.07) is 3.04. The van der Waals surface area contributed by atoms with Gasteiger partial charge in [-0.2, -0.15) is 0 Å². The van der Waals surface area contributed by atoms with Crippen molar-refractivity contribution in [3.63, 3.8) is 0 Å². The van der Waals surface area contributed by atoms with Crippen LogP contribution in [-0.2, 0) is 0 Å². The first-order valence-corrected chi connectivity index (χ1v) is 4.04. The summed E-state index contributed by atoms with van der Waals surface area (Å²) in [5, 5.41) is 9.89. The van der Waals surface area contributed by atoms with E-state index in [9.17, 15) is 5.11 Å². The SMILES string of the molecule is CC(N)C(O)c1ccc(Cl)nc1. The maximum Gasteiger partial charge on any atom is 0.129 e. The van der Waals surface area contributed by atoms with Crippen molar-refractivity contribution in [3.05, 3.63) is 29.0 Å². The van der Waals surface area contributed by atoms with Crippen LogP contribution in [0.5, 0.6) is 0 Å². The molecule has 66 valence electrons. The second kappa shape index (κ2) is 3.85. The van der Waals surface area contributed by atoms with Gasteiger partial charge in [-0.3, -0.25) is 0 Å². The number of nitrogens with two attached hydrogens (primary N) is 1. The van der Waals surface area contributed by atoms with Crippen LogP contribution < -0.4 is 5.73 Å². The van der Waals surface area contributed by atoms with Crippen molar-refractivity contribution >= 4 is 11.6 Å². The lowest BCUT2D eigenvalue weighted by Gasteiger charge is -2.13. The molecular formula is C8H11ClN2O. The summed E-state index contributed by atoms with van der Waals surface area (Å²) in [4.78, 5) is 3.83. The first-order valence-electron chi connectivity index (χ1n) is 3.66. The zero-order valence-electron chi connectivity index (χ0n) is 6.74. The lowest BCUT2D eigenvalue weighted by Crippen LogP contribution is -2.24. The molecule has 0 aromatic carbocycles. The van der Waals surface area contributed by atoms with E-state index in [4.69, 9.17) is 17.3 Å². The number of pyridine rings is 1. The van der Waals surface area contributed by atoms with Crippen molar-refractivity contribution in [2.24, 2.45) is 5.73 Å². The van der Waals surface area contributed by atoms with Gasteiger partial charge in [0.25, 0.3) is 0 Å². The van der Waals surface area contributed by atoms with Crippen LogP contribution in [0.3, 0.4) is 0 Å². The van der Waals surface area contributed by atoms with Gasteiger partial charge in [0.15, 0.2) is 0 Å². The van der Waals surface area contributed by atoms with E-state index >= 15 is 0 Å². The summed E-state index contributed by atoms with van der Waals surface area (Å²) in [7, 11) is 0. The Hall–Kier alpha value is -0.640. The molecular weight excluding hydrogens is 176 g/mol. The van der Waals surface area contributed by atoms with Gasteiger partial charge in [-0.25, -0.2) is 4.98 Å². The van der Waals surface area contributed by atoms with E-state index in [1.807, 2.05) is 0 Å². The van der Waals surface area contributed by atoms with Crippen molar-refractivity contribution in [2.45, 2.75) is 19.1 Å². The first-order chi connectivity index (χ1) is 5.61. The maximum atomic E-state index is 9.48. The molecule has 0 aliphatic heterocycles. The molecule has 0 radical (unpaired) electrons. The molecule has 0 fully saturated rings. The highest BCUT2D eigenvalue weighted by molar-refractivity contribution is 6.29. The average molecular weight is 187 g/mol. The molecule has 0 saturated carbocycles. The predicted octanol–water partition coefficient (Wildman–Crippen LogP) is 1.12. The smallest absolute Gasteiger partial charge is 0.129 e. The molecule has 1 heterocycles. The van der Waals surface area contributed by atoms with Crippen molar-refractivity contribution in [1.29, 1.82) is 0 Å². The predicted molar refractivity (Wildman–Crippen MR) is 47.9 cm³/mol. The summed E-state index contributed by atoms with van der Waals surface area (Å²) < 4.78 is 0. The minimum absolute atomic E-state index is 0.298. The van der Waals surface area contributed by atoms with Gasteiger partial charge in [0.05, 0.1) is 6.10 Å². The molecule has 0 spiro atoms. The number of halogens is 1. The maximum absolute atomic E-state index is 9.48. The number of nitrogens with zero attached hydrogens (tertiary/aromatic N) is 1. The molecule has 0 aliphatic carbocycles. The van der Waals surface area contributed by atoms with E-state index in [2.05, 4.69) is 4.98 Å². The van der Waals surface area contributed by atoms with E-state index in [-0.39, 0.29) is 6.04 Å². The van der Waals surface area contributed by atoms with Crippen molar-refractivity contribution in [2.75, 3.05) is 0 Å². The molecule has 12 heavy (non-hydrogen) atoms. The Bertz CT molecular complexity index is 248. The Balaban J connectivity index is 2.82. The van der Waals surface area contributed by atoms with Gasteiger partial charge in [0.2, 0.25) is 0 Å². The van der Waals surface area contributed by atoms with Gasteiger partial charge in [-0.05, 0) is 13.0 Å². The molecule has 1 aromatic heterocycles. The van der Waals surface area contributed by atoms with Crippen LogP contribution in [0.25, 0.3) is 0 Å². The fourth-order valence-corrected chi connectivity index (χ4v) is 0.978. The number of aromatic nitrogens is 1. The zero-order chi connectivity index (χ0) is 9.14. The van der Waals surface area contributed by atoms with Crippen LogP contribution in [0, 0.1) is 0 Å². The number of rotatable bonds is 2. The summed E-state index contributed by atoms with van der Waals surface area (Å²) in [6.45, 7) is 1.74. The van der Waals surface area contributed by atoms with Crippen LogP contribution in [0.1, 0.15) is 18.6 Å². The minimum Gasteiger partial charge on any atom is -0.387 e. The van der Waals surface area contributed by atoms with E-state index in [0.29, 0.717) is 10.7 Å². The molecule has 0 aliphatic rings. The third kappa shape index (κ3) is 2.17. The Morgan fingerprint density at radius 3 is 2.67 bits per heavy atom. The largest absolute Gasteiger partial charge is 0.387 e. The Morgan fingerprint density at radius 1 is 1.58 bits per heavy atom. The van der Waals surface area contributed by atoms with Crippen LogP contribution >= 0.6 is 11.6 Å². The summed E-state index contributed by atoms with van der Waals surface area (Å²) in [5.41, 5.74) is 6.18. The normalized spacial score (nSPS) is 15.7.